The maximum atomic E-state index is 12.5. The van der Waals surface area contributed by atoms with E-state index in [4.69, 9.17) is 4.74 Å². The molecule has 2 aromatic heterocycles. The molecule has 0 aliphatic carbocycles. The summed E-state index contributed by atoms with van der Waals surface area (Å²) in [4.78, 5) is 12.5. The average molecular weight is 443 g/mol. The quantitative estimate of drug-likeness (QED) is 0.478. The summed E-state index contributed by atoms with van der Waals surface area (Å²) in [7, 11) is 1.86. The molecular formula is C22H30N6O2S. The molecule has 9 heteroatoms. The number of rotatable bonds is 10. The molecule has 0 radical (unpaired) electrons. The van der Waals surface area contributed by atoms with E-state index in [2.05, 4.69) is 39.0 Å². The highest BCUT2D eigenvalue weighted by atomic mass is 32.2. The van der Waals surface area contributed by atoms with Crippen molar-refractivity contribution in [2.24, 2.45) is 13.0 Å². The van der Waals surface area contributed by atoms with E-state index < -0.39 is 0 Å². The number of benzene rings is 1. The number of aromatic nitrogens is 5. The Bertz CT molecular complexity index is 1010. The number of para-hydroxylation sites is 1. The second kappa shape index (κ2) is 10.5. The smallest absolute Gasteiger partial charge is 0.234 e. The molecular weight excluding hydrogens is 412 g/mol. The molecule has 0 aliphatic heterocycles. The van der Waals surface area contributed by atoms with Gasteiger partial charge < -0.3 is 14.6 Å². The standard InChI is InChI=1S/C22H30N6O2S/c1-15(2)11-12-28-19(13-30-18-9-7-6-8-10-18)24-25-22(28)31-14-20(29)23-21-16(3)26-27(5)17(21)4/h6-10,15H,11-14H2,1-5H3,(H,23,29). The summed E-state index contributed by atoms with van der Waals surface area (Å²) in [6.45, 7) is 9.30. The molecule has 0 spiro atoms. The van der Waals surface area contributed by atoms with Crippen LogP contribution in [0.5, 0.6) is 5.75 Å². The van der Waals surface area contributed by atoms with Crippen molar-refractivity contribution in [1.82, 2.24) is 24.5 Å². The Morgan fingerprint density at radius 3 is 2.58 bits per heavy atom. The van der Waals surface area contributed by atoms with Gasteiger partial charge in [0, 0.05) is 13.6 Å². The van der Waals surface area contributed by atoms with Gasteiger partial charge in [-0.3, -0.25) is 9.48 Å². The monoisotopic (exact) mass is 442 g/mol. The summed E-state index contributed by atoms with van der Waals surface area (Å²) < 4.78 is 9.69. The van der Waals surface area contributed by atoms with Gasteiger partial charge >= 0.3 is 0 Å². The molecule has 0 atom stereocenters. The number of carbonyl (C=O) groups excluding carboxylic acids is 1. The van der Waals surface area contributed by atoms with Crippen LogP contribution in [0.15, 0.2) is 35.5 Å². The zero-order valence-electron chi connectivity index (χ0n) is 18.8. The van der Waals surface area contributed by atoms with Crippen LogP contribution >= 0.6 is 11.8 Å². The second-order valence-electron chi connectivity index (χ2n) is 7.84. The summed E-state index contributed by atoms with van der Waals surface area (Å²) in [5.74, 6) is 2.24. The molecule has 0 bridgehead atoms. The van der Waals surface area contributed by atoms with Gasteiger partial charge in [-0.1, -0.05) is 43.8 Å². The van der Waals surface area contributed by atoms with Crippen molar-refractivity contribution < 1.29 is 9.53 Å². The Balaban J connectivity index is 1.66. The van der Waals surface area contributed by atoms with E-state index in [1.54, 1.807) is 4.68 Å². The predicted molar refractivity (Wildman–Crippen MR) is 122 cm³/mol. The topological polar surface area (TPSA) is 86.9 Å². The van der Waals surface area contributed by atoms with Crippen LogP contribution in [0, 0.1) is 19.8 Å². The van der Waals surface area contributed by atoms with Crippen molar-refractivity contribution in [3.63, 3.8) is 0 Å². The van der Waals surface area contributed by atoms with Gasteiger partial charge in [-0.15, -0.1) is 10.2 Å². The lowest BCUT2D eigenvalue weighted by Gasteiger charge is -2.12. The van der Waals surface area contributed by atoms with Crippen LogP contribution in [-0.4, -0.2) is 36.2 Å². The molecule has 0 saturated heterocycles. The number of hydrogen-bond donors (Lipinski definition) is 1. The minimum absolute atomic E-state index is 0.0929. The number of nitrogens with one attached hydrogen (secondary N) is 1. The normalized spacial score (nSPS) is 11.2. The third-order valence-corrected chi connectivity index (χ3v) is 5.91. The molecule has 1 aromatic carbocycles. The summed E-state index contributed by atoms with van der Waals surface area (Å²) in [6.07, 6.45) is 0.990. The SMILES string of the molecule is Cc1nn(C)c(C)c1NC(=O)CSc1nnc(COc2ccccc2)n1CCC(C)C. The van der Waals surface area contributed by atoms with E-state index in [9.17, 15) is 4.79 Å². The van der Waals surface area contributed by atoms with Gasteiger partial charge in [0.2, 0.25) is 5.91 Å². The Morgan fingerprint density at radius 2 is 1.94 bits per heavy atom. The van der Waals surface area contributed by atoms with Crippen LogP contribution in [0.3, 0.4) is 0 Å². The molecule has 3 aromatic rings. The number of hydrogen-bond acceptors (Lipinski definition) is 6. The van der Waals surface area contributed by atoms with Gasteiger partial charge in [-0.2, -0.15) is 5.10 Å². The van der Waals surface area contributed by atoms with Crippen LogP contribution in [0.2, 0.25) is 0 Å². The number of thioether (sulfide) groups is 1. The Morgan fingerprint density at radius 1 is 1.19 bits per heavy atom. The first kappa shape index (κ1) is 22.9. The van der Waals surface area contributed by atoms with Crippen molar-refractivity contribution in [2.75, 3.05) is 11.1 Å². The lowest BCUT2D eigenvalue weighted by Crippen LogP contribution is -2.16. The molecule has 0 fully saturated rings. The summed E-state index contributed by atoms with van der Waals surface area (Å²) >= 11 is 1.38. The first-order chi connectivity index (χ1) is 14.8. The summed E-state index contributed by atoms with van der Waals surface area (Å²) in [5.41, 5.74) is 2.50. The highest BCUT2D eigenvalue weighted by Gasteiger charge is 2.17. The summed E-state index contributed by atoms with van der Waals surface area (Å²) in [5, 5.41) is 16.7. The van der Waals surface area contributed by atoms with Crippen LogP contribution in [0.1, 0.15) is 37.5 Å². The predicted octanol–water partition coefficient (Wildman–Crippen LogP) is 3.98. The minimum atomic E-state index is -0.0929. The Labute approximate surface area is 187 Å². The Hall–Kier alpha value is -2.81. The Kier molecular flexibility index (Phi) is 7.73. The van der Waals surface area contributed by atoms with Gasteiger partial charge in [0.15, 0.2) is 11.0 Å². The molecule has 0 saturated carbocycles. The van der Waals surface area contributed by atoms with Crippen molar-refractivity contribution in [2.45, 2.75) is 52.4 Å². The number of ether oxygens (including phenoxy) is 1. The molecule has 2 heterocycles. The fourth-order valence-corrected chi connectivity index (χ4v) is 3.85. The van der Waals surface area contributed by atoms with E-state index in [0.29, 0.717) is 12.5 Å². The molecule has 0 unspecified atom stereocenters. The lowest BCUT2D eigenvalue weighted by molar-refractivity contribution is -0.113. The average Bonchev–Trinajstić information content (AvgIpc) is 3.24. The zero-order chi connectivity index (χ0) is 22.4. The highest BCUT2D eigenvalue weighted by molar-refractivity contribution is 7.99. The zero-order valence-corrected chi connectivity index (χ0v) is 19.6. The van der Waals surface area contributed by atoms with Crippen LogP contribution in [0.25, 0.3) is 0 Å². The maximum Gasteiger partial charge on any atom is 0.234 e. The molecule has 1 N–H and O–H groups in total. The number of anilines is 1. The third-order valence-electron chi connectivity index (χ3n) is 4.94. The van der Waals surface area contributed by atoms with E-state index in [1.807, 2.05) is 51.2 Å². The van der Waals surface area contributed by atoms with Crippen molar-refractivity contribution in [3.8, 4) is 5.75 Å². The number of nitrogens with zero attached hydrogens (tertiary/aromatic N) is 5. The fourth-order valence-electron chi connectivity index (χ4n) is 3.07. The van der Waals surface area contributed by atoms with Gasteiger partial charge in [-0.05, 0) is 38.3 Å². The second-order valence-corrected chi connectivity index (χ2v) is 8.78. The highest BCUT2D eigenvalue weighted by Crippen LogP contribution is 2.22. The number of amides is 1. The first-order valence-electron chi connectivity index (χ1n) is 10.4. The molecule has 8 nitrogen and oxygen atoms in total. The number of aryl methyl sites for hydroxylation is 2. The maximum absolute atomic E-state index is 12.5. The van der Waals surface area contributed by atoms with Crippen molar-refractivity contribution in [1.29, 1.82) is 0 Å². The first-order valence-corrected chi connectivity index (χ1v) is 11.4. The lowest BCUT2D eigenvalue weighted by atomic mass is 10.1. The van der Waals surface area contributed by atoms with Gasteiger partial charge in [-0.25, -0.2) is 0 Å². The van der Waals surface area contributed by atoms with Gasteiger partial charge in [0.05, 0.1) is 22.8 Å². The third kappa shape index (κ3) is 6.10. The summed E-state index contributed by atoms with van der Waals surface area (Å²) in [6, 6.07) is 9.65. The molecule has 3 rings (SSSR count). The van der Waals surface area contributed by atoms with E-state index in [0.717, 1.165) is 46.8 Å². The van der Waals surface area contributed by atoms with Crippen molar-refractivity contribution in [3.05, 3.63) is 47.5 Å². The van der Waals surface area contributed by atoms with Gasteiger partial charge in [0.25, 0.3) is 0 Å². The van der Waals surface area contributed by atoms with E-state index in [1.165, 1.54) is 11.8 Å². The van der Waals surface area contributed by atoms with Crippen LogP contribution < -0.4 is 10.1 Å². The van der Waals surface area contributed by atoms with Crippen molar-refractivity contribution >= 4 is 23.4 Å². The van der Waals surface area contributed by atoms with Crippen LogP contribution in [0.4, 0.5) is 5.69 Å². The molecule has 31 heavy (non-hydrogen) atoms. The van der Waals surface area contributed by atoms with Gasteiger partial charge in [0.1, 0.15) is 12.4 Å². The molecule has 0 aliphatic rings. The molecule has 1 amide bonds. The van der Waals surface area contributed by atoms with E-state index in [-0.39, 0.29) is 11.7 Å². The minimum Gasteiger partial charge on any atom is -0.486 e. The van der Waals surface area contributed by atoms with E-state index >= 15 is 0 Å². The molecule has 166 valence electrons. The largest absolute Gasteiger partial charge is 0.486 e. The number of carbonyl (C=O) groups is 1. The fraction of sp³-hybridized carbons (Fsp3) is 0.455. The van der Waals surface area contributed by atoms with Crippen LogP contribution in [-0.2, 0) is 25.0 Å².